The Bertz CT molecular complexity index is 596. The standard InChI is InChI=1S/C23H34N2O/c1-2-17-26-22-13-7-6-11-20(22)18-25-16-15-24-14-8-12-21(24)23(25)19-9-4-3-5-10-19/h2,6-7,11,13,19,21,23H,1,3-5,8-10,12,14-18H2/t21-,23-/m1/s1. The van der Waals surface area contributed by atoms with Crippen molar-refractivity contribution in [3.8, 4) is 5.75 Å². The van der Waals surface area contributed by atoms with Gasteiger partial charge in [0.25, 0.3) is 0 Å². The van der Waals surface area contributed by atoms with Crippen molar-refractivity contribution in [1.82, 2.24) is 9.80 Å². The van der Waals surface area contributed by atoms with Crippen molar-refractivity contribution in [3.63, 3.8) is 0 Å². The van der Waals surface area contributed by atoms with Crippen LogP contribution in [-0.2, 0) is 6.54 Å². The summed E-state index contributed by atoms with van der Waals surface area (Å²) in [5, 5.41) is 0. The van der Waals surface area contributed by atoms with Crippen molar-refractivity contribution < 1.29 is 4.74 Å². The molecule has 4 rings (SSSR count). The third-order valence-corrected chi connectivity index (χ3v) is 6.74. The molecule has 26 heavy (non-hydrogen) atoms. The molecule has 2 atom stereocenters. The minimum Gasteiger partial charge on any atom is -0.489 e. The Hall–Kier alpha value is -1.32. The summed E-state index contributed by atoms with van der Waals surface area (Å²) in [4.78, 5) is 5.59. The van der Waals surface area contributed by atoms with E-state index in [1.54, 1.807) is 0 Å². The second-order valence-corrected chi connectivity index (χ2v) is 8.31. The smallest absolute Gasteiger partial charge is 0.124 e. The number of benzene rings is 1. The minimum atomic E-state index is 0.583. The van der Waals surface area contributed by atoms with E-state index in [1.165, 1.54) is 70.1 Å². The largest absolute Gasteiger partial charge is 0.489 e. The fourth-order valence-corrected chi connectivity index (χ4v) is 5.58. The molecule has 3 heteroatoms. The van der Waals surface area contributed by atoms with Gasteiger partial charge in [-0.2, -0.15) is 0 Å². The van der Waals surface area contributed by atoms with Gasteiger partial charge in [0, 0.05) is 37.3 Å². The molecular formula is C23H34N2O. The van der Waals surface area contributed by atoms with E-state index in [0.717, 1.165) is 30.3 Å². The summed E-state index contributed by atoms with van der Waals surface area (Å²) in [6.07, 6.45) is 11.8. The normalized spacial score (nSPS) is 28.0. The molecular weight excluding hydrogens is 320 g/mol. The predicted octanol–water partition coefficient (Wildman–Crippen LogP) is 4.48. The van der Waals surface area contributed by atoms with Gasteiger partial charge in [-0.05, 0) is 44.2 Å². The number of rotatable bonds is 6. The van der Waals surface area contributed by atoms with E-state index in [1.807, 2.05) is 6.08 Å². The average molecular weight is 355 g/mol. The van der Waals surface area contributed by atoms with Gasteiger partial charge in [-0.15, -0.1) is 0 Å². The lowest BCUT2D eigenvalue weighted by Crippen LogP contribution is -2.59. The van der Waals surface area contributed by atoms with Crippen LogP contribution < -0.4 is 4.74 Å². The molecule has 3 aliphatic rings. The first-order chi connectivity index (χ1) is 12.9. The Kier molecular flexibility index (Phi) is 5.96. The van der Waals surface area contributed by atoms with Crippen LogP contribution in [0.4, 0.5) is 0 Å². The Morgan fingerprint density at radius 3 is 2.69 bits per heavy atom. The van der Waals surface area contributed by atoms with Gasteiger partial charge in [-0.1, -0.05) is 50.1 Å². The predicted molar refractivity (Wildman–Crippen MR) is 108 cm³/mol. The number of fused-ring (bicyclic) bond motifs is 1. The van der Waals surface area contributed by atoms with E-state index in [-0.39, 0.29) is 0 Å². The SMILES string of the molecule is C=CCOc1ccccc1CN1CCN2CCC[C@@H]2[C@H]1C1CCCCC1. The molecule has 1 aliphatic carbocycles. The van der Waals surface area contributed by atoms with E-state index >= 15 is 0 Å². The van der Waals surface area contributed by atoms with Gasteiger partial charge in [-0.3, -0.25) is 9.80 Å². The number of hydrogen-bond acceptors (Lipinski definition) is 3. The fourth-order valence-electron chi connectivity index (χ4n) is 5.58. The van der Waals surface area contributed by atoms with Crippen molar-refractivity contribution in [2.75, 3.05) is 26.2 Å². The molecule has 2 saturated heterocycles. The van der Waals surface area contributed by atoms with Gasteiger partial charge in [0.1, 0.15) is 12.4 Å². The van der Waals surface area contributed by atoms with E-state index in [0.29, 0.717) is 6.61 Å². The van der Waals surface area contributed by atoms with Crippen molar-refractivity contribution in [2.24, 2.45) is 5.92 Å². The summed E-state index contributed by atoms with van der Waals surface area (Å²) in [6.45, 7) is 9.16. The molecule has 3 nitrogen and oxygen atoms in total. The zero-order valence-electron chi connectivity index (χ0n) is 16.1. The summed E-state index contributed by atoms with van der Waals surface area (Å²) in [7, 11) is 0. The highest BCUT2D eigenvalue weighted by Crippen LogP contribution is 2.38. The third-order valence-electron chi connectivity index (χ3n) is 6.74. The molecule has 1 aromatic carbocycles. The Morgan fingerprint density at radius 2 is 1.85 bits per heavy atom. The lowest BCUT2D eigenvalue weighted by atomic mass is 9.78. The molecule has 1 saturated carbocycles. The first kappa shape index (κ1) is 18.1. The van der Waals surface area contributed by atoms with Crippen LogP contribution in [0.25, 0.3) is 0 Å². The highest BCUT2D eigenvalue weighted by Gasteiger charge is 2.43. The molecule has 0 aromatic heterocycles. The Morgan fingerprint density at radius 1 is 1.00 bits per heavy atom. The van der Waals surface area contributed by atoms with Gasteiger partial charge in [0.2, 0.25) is 0 Å². The van der Waals surface area contributed by atoms with Crippen molar-refractivity contribution in [2.45, 2.75) is 63.6 Å². The lowest BCUT2D eigenvalue weighted by Gasteiger charge is -2.49. The maximum atomic E-state index is 5.94. The van der Waals surface area contributed by atoms with Gasteiger partial charge < -0.3 is 4.74 Å². The molecule has 0 radical (unpaired) electrons. The summed E-state index contributed by atoms with van der Waals surface area (Å²) >= 11 is 0. The maximum absolute atomic E-state index is 5.94. The zero-order valence-corrected chi connectivity index (χ0v) is 16.1. The van der Waals surface area contributed by atoms with E-state index < -0.39 is 0 Å². The van der Waals surface area contributed by atoms with Gasteiger partial charge in [0.05, 0.1) is 0 Å². The van der Waals surface area contributed by atoms with Crippen molar-refractivity contribution in [3.05, 3.63) is 42.5 Å². The Labute approximate surface area is 159 Å². The molecule has 0 amide bonds. The van der Waals surface area contributed by atoms with Crippen LogP contribution >= 0.6 is 0 Å². The molecule has 0 bridgehead atoms. The molecule has 0 unspecified atom stereocenters. The number of ether oxygens (including phenoxy) is 1. The van der Waals surface area contributed by atoms with Crippen molar-refractivity contribution >= 4 is 0 Å². The fraction of sp³-hybridized carbons (Fsp3) is 0.652. The number of para-hydroxylation sites is 1. The number of piperazine rings is 1. The van der Waals surface area contributed by atoms with Crippen LogP contribution in [0.3, 0.4) is 0 Å². The third kappa shape index (κ3) is 3.84. The summed E-state index contributed by atoms with van der Waals surface area (Å²) < 4.78 is 5.94. The topological polar surface area (TPSA) is 15.7 Å². The highest BCUT2D eigenvalue weighted by molar-refractivity contribution is 5.33. The summed E-state index contributed by atoms with van der Waals surface area (Å²) in [5.74, 6) is 1.92. The van der Waals surface area contributed by atoms with Crippen molar-refractivity contribution in [1.29, 1.82) is 0 Å². The van der Waals surface area contributed by atoms with E-state index in [2.05, 4.69) is 40.6 Å². The van der Waals surface area contributed by atoms with Gasteiger partial charge >= 0.3 is 0 Å². The highest BCUT2D eigenvalue weighted by atomic mass is 16.5. The second-order valence-electron chi connectivity index (χ2n) is 8.31. The first-order valence-corrected chi connectivity index (χ1v) is 10.7. The molecule has 3 fully saturated rings. The maximum Gasteiger partial charge on any atom is 0.124 e. The van der Waals surface area contributed by atoms with Crippen LogP contribution in [0.5, 0.6) is 5.75 Å². The number of nitrogens with zero attached hydrogens (tertiary/aromatic N) is 2. The molecule has 2 heterocycles. The van der Waals surface area contributed by atoms with E-state index in [4.69, 9.17) is 4.74 Å². The lowest BCUT2D eigenvalue weighted by molar-refractivity contribution is -0.00416. The minimum absolute atomic E-state index is 0.583. The molecule has 142 valence electrons. The van der Waals surface area contributed by atoms with Crippen LogP contribution in [0, 0.1) is 5.92 Å². The van der Waals surface area contributed by atoms with E-state index in [9.17, 15) is 0 Å². The molecule has 1 aromatic rings. The zero-order chi connectivity index (χ0) is 17.8. The second kappa shape index (κ2) is 8.58. The summed E-state index contributed by atoms with van der Waals surface area (Å²) in [6, 6.07) is 10.1. The first-order valence-electron chi connectivity index (χ1n) is 10.7. The molecule has 0 spiro atoms. The Balaban J connectivity index is 1.54. The average Bonchev–Trinajstić information content (AvgIpc) is 3.16. The number of hydrogen-bond donors (Lipinski definition) is 0. The summed E-state index contributed by atoms with van der Waals surface area (Å²) in [5.41, 5.74) is 1.33. The monoisotopic (exact) mass is 354 g/mol. The quantitative estimate of drug-likeness (QED) is 0.701. The van der Waals surface area contributed by atoms with Gasteiger partial charge in [-0.25, -0.2) is 0 Å². The molecule has 2 aliphatic heterocycles. The van der Waals surface area contributed by atoms with Crippen LogP contribution in [-0.4, -0.2) is 48.1 Å². The van der Waals surface area contributed by atoms with Gasteiger partial charge in [0.15, 0.2) is 0 Å². The molecule has 0 N–H and O–H groups in total. The van der Waals surface area contributed by atoms with Crippen LogP contribution in [0.2, 0.25) is 0 Å². The van der Waals surface area contributed by atoms with Crippen LogP contribution in [0.1, 0.15) is 50.5 Å². The van der Waals surface area contributed by atoms with Crippen LogP contribution in [0.15, 0.2) is 36.9 Å².